The molecule has 1 N–H and O–H groups in total. The van der Waals surface area contributed by atoms with Crippen molar-refractivity contribution in [2.24, 2.45) is 0 Å². The summed E-state index contributed by atoms with van der Waals surface area (Å²) in [5.41, 5.74) is 5.43. The number of carbonyl (C=O) groups excluding carboxylic acids is 2. The highest BCUT2D eigenvalue weighted by Gasteiger charge is 2.17. The standard InChI is InChI=1S/C23H30N2O2/c1-5-14-25(16-22(26)24-21-9-7-6-8-18(21)3)23(27)13-12-20-11-10-17(2)15-19(20)4/h6-11,15H,5,12-14,16H2,1-4H3,(H,24,26). The minimum absolute atomic E-state index is 0.0248. The van der Waals surface area contributed by atoms with Crippen LogP contribution in [0.3, 0.4) is 0 Å². The number of amides is 2. The van der Waals surface area contributed by atoms with Gasteiger partial charge < -0.3 is 10.2 Å². The number of anilines is 1. The molecule has 0 saturated heterocycles. The van der Waals surface area contributed by atoms with E-state index in [1.807, 2.05) is 38.1 Å². The third-order valence-electron chi connectivity index (χ3n) is 4.71. The van der Waals surface area contributed by atoms with Gasteiger partial charge in [0, 0.05) is 18.7 Å². The maximum atomic E-state index is 12.7. The minimum Gasteiger partial charge on any atom is -0.333 e. The second-order valence-electron chi connectivity index (χ2n) is 7.11. The van der Waals surface area contributed by atoms with E-state index in [2.05, 4.69) is 37.4 Å². The van der Waals surface area contributed by atoms with Crippen LogP contribution in [0.5, 0.6) is 0 Å². The molecule has 0 aliphatic heterocycles. The first-order valence-corrected chi connectivity index (χ1v) is 9.60. The van der Waals surface area contributed by atoms with Gasteiger partial charge in [0.15, 0.2) is 0 Å². The van der Waals surface area contributed by atoms with Crippen LogP contribution in [-0.2, 0) is 16.0 Å². The molecule has 4 heteroatoms. The molecule has 0 aliphatic carbocycles. The fourth-order valence-electron chi connectivity index (χ4n) is 3.16. The van der Waals surface area contributed by atoms with E-state index in [0.29, 0.717) is 19.4 Å². The second kappa shape index (κ2) is 9.91. The van der Waals surface area contributed by atoms with Crippen molar-refractivity contribution in [2.45, 2.75) is 47.0 Å². The van der Waals surface area contributed by atoms with Crippen molar-refractivity contribution in [3.8, 4) is 0 Å². The first kappa shape index (κ1) is 20.7. The van der Waals surface area contributed by atoms with Crippen molar-refractivity contribution >= 4 is 17.5 Å². The second-order valence-corrected chi connectivity index (χ2v) is 7.11. The van der Waals surface area contributed by atoms with Gasteiger partial charge in [0.05, 0.1) is 6.54 Å². The predicted molar refractivity (Wildman–Crippen MR) is 111 cm³/mol. The molecule has 2 amide bonds. The Morgan fingerprint density at radius 1 is 1.00 bits per heavy atom. The number of aryl methyl sites for hydroxylation is 4. The third kappa shape index (κ3) is 6.24. The van der Waals surface area contributed by atoms with Crippen LogP contribution in [-0.4, -0.2) is 29.8 Å². The largest absolute Gasteiger partial charge is 0.333 e. The maximum absolute atomic E-state index is 12.7. The number of rotatable bonds is 8. The van der Waals surface area contributed by atoms with Gasteiger partial charge in [-0.1, -0.05) is 48.9 Å². The zero-order chi connectivity index (χ0) is 19.8. The van der Waals surface area contributed by atoms with Crippen LogP contribution in [0.1, 0.15) is 42.0 Å². The first-order valence-electron chi connectivity index (χ1n) is 9.60. The van der Waals surface area contributed by atoms with Gasteiger partial charge in [-0.15, -0.1) is 0 Å². The summed E-state index contributed by atoms with van der Waals surface area (Å²) in [5, 5.41) is 2.91. The van der Waals surface area contributed by atoms with Gasteiger partial charge in [0.1, 0.15) is 0 Å². The molecule has 0 aliphatic rings. The van der Waals surface area contributed by atoms with Gasteiger partial charge in [-0.2, -0.15) is 0 Å². The van der Waals surface area contributed by atoms with Crippen molar-refractivity contribution in [3.63, 3.8) is 0 Å². The summed E-state index contributed by atoms with van der Waals surface area (Å²) in [7, 11) is 0. The number of carbonyl (C=O) groups is 2. The van der Waals surface area contributed by atoms with Crippen molar-refractivity contribution in [2.75, 3.05) is 18.4 Å². The van der Waals surface area contributed by atoms with Crippen LogP contribution >= 0.6 is 0 Å². The van der Waals surface area contributed by atoms with E-state index in [4.69, 9.17) is 0 Å². The van der Waals surface area contributed by atoms with Crippen LogP contribution in [0.4, 0.5) is 5.69 Å². The van der Waals surface area contributed by atoms with Crippen LogP contribution in [0, 0.1) is 20.8 Å². The van der Waals surface area contributed by atoms with E-state index in [9.17, 15) is 9.59 Å². The smallest absolute Gasteiger partial charge is 0.244 e. The molecule has 4 nitrogen and oxygen atoms in total. The Balaban J connectivity index is 1.95. The Morgan fingerprint density at radius 2 is 1.74 bits per heavy atom. The number of hydrogen-bond acceptors (Lipinski definition) is 2. The number of nitrogens with one attached hydrogen (secondary N) is 1. The molecule has 0 fully saturated rings. The van der Waals surface area contributed by atoms with E-state index in [0.717, 1.165) is 17.7 Å². The number of hydrogen-bond donors (Lipinski definition) is 1. The molecule has 0 bridgehead atoms. The van der Waals surface area contributed by atoms with Gasteiger partial charge in [0.2, 0.25) is 11.8 Å². The summed E-state index contributed by atoms with van der Waals surface area (Å²) >= 11 is 0. The predicted octanol–water partition coefficient (Wildman–Crippen LogP) is 4.42. The normalized spacial score (nSPS) is 10.5. The molecule has 0 unspecified atom stereocenters. The molecule has 0 heterocycles. The minimum atomic E-state index is -0.155. The average molecular weight is 367 g/mol. The quantitative estimate of drug-likeness (QED) is 0.752. The lowest BCUT2D eigenvalue weighted by atomic mass is 10.0. The van der Waals surface area contributed by atoms with Gasteiger partial charge in [0.25, 0.3) is 0 Å². The van der Waals surface area contributed by atoms with Crippen molar-refractivity contribution < 1.29 is 9.59 Å². The molecule has 27 heavy (non-hydrogen) atoms. The number of benzene rings is 2. The lowest BCUT2D eigenvalue weighted by Crippen LogP contribution is -2.38. The maximum Gasteiger partial charge on any atom is 0.244 e. The molecule has 0 spiro atoms. The van der Waals surface area contributed by atoms with Crippen LogP contribution in [0.15, 0.2) is 42.5 Å². The molecular weight excluding hydrogens is 336 g/mol. The van der Waals surface area contributed by atoms with E-state index in [1.54, 1.807) is 4.90 Å². The summed E-state index contributed by atoms with van der Waals surface area (Å²) in [6.07, 6.45) is 1.94. The number of nitrogens with zero attached hydrogens (tertiary/aromatic N) is 1. The molecule has 0 saturated carbocycles. The van der Waals surface area contributed by atoms with E-state index < -0.39 is 0 Å². The van der Waals surface area contributed by atoms with Crippen molar-refractivity contribution in [1.82, 2.24) is 4.90 Å². The van der Waals surface area contributed by atoms with Crippen LogP contribution in [0.25, 0.3) is 0 Å². The first-order chi connectivity index (χ1) is 12.9. The zero-order valence-electron chi connectivity index (χ0n) is 16.8. The molecule has 2 aromatic carbocycles. The fourth-order valence-corrected chi connectivity index (χ4v) is 3.16. The Morgan fingerprint density at radius 3 is 2.41 bits per heavy atom. The Bertz CT molecular complexity index is 799. The molecular formula is C23H30N2O2. The lowest BCUT2D eigenvalue weighted by Gasteiger charge is -2.22. The molecule has 2 aromatic rings. The van der Waals surface area contributed by atoms with Gasteiger partial charge in [-0.25, -0.2) is 0 Å². The SMILES string of the molecule is CCCN(CC(=O)Nc1ccccc1C)C(=O)CCc1ccc(C)cc1C. The van der Waals surface area contributed by atoms with E-state index in [-0.39, 0.29) is 18.4 Å². The molecule has 144 valence electrons. The zero-order valence-corrected chi connectivity index (χ0v) is 16.8. The molecule has 0 aromatic heterocycles. The summed E-state index contributed by atoms with van der Waals surface area (Å²) in [6.45, 7) is 8.79. The Labute approximate surface area is 162 Å². The highest BCUT2D eigenvalue weighted by Crippen LogP contribution is 2.15. The highest BCUT2D eigenvalue weighted by atomic mass is 16.2. The van der Waals surface area contributed by atoms with E-state index >= 15 is 0 Å². The Kier molecular flexibility index (Phi) is 7.59. The topological polar surface area (TPSA) is 49.4 Å². The fraction of sp³-hybridized carbons (Fsp3) is 0.391. The lowest BCUT2D eigenvalue weighted by molar-refractivity contribution is -0.134. The van der Waals surface area contributed by atoms with Gasteiger partial charge in [-0.3, -0.25) is 9.59 Å². The average Bonchev–Trinajstić information content (AvgIpc) is 2.62. The van der Waals surface area contributed by atoms with Crippen LogP contribution in [0.2, 0.25) is 0 Å². The molecule has 0 atom stereocenters. The number of para-hydroxylation sites is 1. The highest BCUT2D eigenvalue weighted by molar-refractivity contribution is 5.95. The van der Waals surface area contributed by atoms with Gasteiger partial charge >= 0.3 is 0 Å². The summed E-state index contributed by atoms with van der Waals surface area (Å²) < 4.78 is 0. The molecule has 2 rings (SSSR count). The van der Waals surface area contributed by atoms with Crippen molar-refractivity contribution in [3.05, 3.63) is 64.7 Å². The van der Waals surface area contributed by atoms with E-state index in [1.165, 1.54) is 16.7 Å². The van der Waals surface area contributed by atoms with Crippen molar-refractivity contribution in [1.29, 1.82) is 0 Å². The van der Waals surface area contributed by atoms with Crippen LogP contribution < -0.4 is 5.32 Å². The summed E-state index contributed by atoms with van der Waals surface area (Å²) in [4.78, 5) is 26.8. The third-order valence-corrected chi connectivity index (χ3v) is 4.71. The monoisotopic (exact) mass is 366 g/mol. The van der Waals surface area contributed by atoms with Gasteiger partial charge in [-0.05, 0) is 56.4 Å². The molecule has 0 radical (unpaired) electrons. The summed E-state index contributed by atoms with van der Waals surface area (Å²) in [5.74, 6) is -0.130. The summed E-state index contributed by atoms with van der Waals surface area (Å²) in [6, 6.07) is 14.0. The Hall–Kier alpha value is -2.62.